The van der Waals surface area contributed by atoms with Crippen LogP contribution in [0.1, 0.15) is 28.9 Å². The van der Waals surface area contributed by atoms with Crippen molar-refractivity contribution in [1.29, 1.82) is 0 Å². The minimum absolute atomic E-state index is 0.301. The summed E-state index contributed by atoms with van der Waals surface area (Å²) in [5.41, 5.74) is 15.2. The van der Waals surface area contributed by atoms with Gasteiger partial charge in [0.05, 0.1) is 5.52 Å². The molecule has 122 valence electrons. The Balaban J connectivity index is 1.85. The molecule has 3 aromatic rings. The number of primary amides is 1. The van der Waals surface area contributed by atoms with E-state index in [9.17, 15) is 4.79 Å². The van der Waals surface area contributed by atoms with Gasteiger partial charge in [0.15, 0.2) is 0 Å². The van der Waals surface area contributed by atoms with Gasteiger partial charge in [-0.15, -0.1) is 0 Å². The minimum Gasteiger partial charge on any atom is -0.383 e. The number of benzene rings is 1. The summed E-state index contributed by atoms with van der Waals surface area (Å²) in [7, 11) is 0. The van der Waals surface area contributed by atoms with Crippen LogP contribution in [0.25, 0.3) is 22.2 Å². The van der Waals surface area contributed by atoms with Crippen LogP contribution < -0.4 is 11.5 Å². The van der Waals surface area contributed by atoms with E-state index in [4.69, 9.17) is 11.5 Å². The fraction of sp³-hybridized carbons (Fsp3) is 0.278. The number of hydrogen-bond acceptors (Lipinski definition) is 4. The molecule has 1 aliphatic carbocycles. The van der Waals surface area contributed by atoms with Gasteiger partial charge in [0, 0.05) is 23.2 Å². The average molecular weight is 321 g/mol. The fourth-order valence-corrected chi connectivity index (χ4v) is 2.98. The van der Waals surface area contributed by atoms with Gasteiger partial charge in [-0.3, -0.25) is 9.78 Å². The Bertz CT molecular complexity index is 955. The topological polar surface area (TPSA) is 99.8 Å². The van der Waals surface area contributed by atoms with E-state index in [0.29, 0.717) is 23.0 Å². The Morgan fingerprint density at radius 2 is 2.08 bits per heavy atom. The molecule has 0 unspecified atom stereocenters. The molecule has 2 heterocycles. The number of aromatic nitrogens is 3. The Hall–Kier alpha value is -2.89. The first-order valence-corrected chi connectivity index (χ1v) is 8.07. The van der Waals surface area contributed by atoms with Crippen LogP contribution in [-0.2, 0) is 6.54 Å². The molecular formula is C18H19N5O. The van der Waals surface area contributed by atoms with Crippen molar-refractivity contribution >= 4 is 22.6 Å². The molecule has 1 fully saturated rings. The number of rotatable bonds is 4. The summed E-state index contributed by atoms with van der Waals surface area (Å²) in [6.45, 7) is 2.69. The summed E-state index contributed by atoms with van der Waals surface area (Å²) < 4.78 is 1.71. The molecule has 1 aromatic carbocycles. The average Bonchev–Trinajstić information content (AvgIpc) is 3.30. The molecule has 4 rings (SSSR count). The van der Waals surface area contributed by atoms with Crippen LogP contribution in [0.2, 0.25) is 0 Å². The lowest BCUT2D eigenvalue weighted by Gasteiger charge is -2.03. The van der Waals surface area contributed by atoms with Gasteiger partial charge < -0.3 is 11.5 Å². The lowest BCUT2D eigenvalue weighted by Crippen LogP contribution is -2.14. The zero-order valence-corrected chi connectivity index (χ0v) is 13.5. The molecule has 1 amide bonds. The van der Waals surface area contributed by atoms with Gasteiger partial charge in [-0.25, -0.2) is 4.68 Å². The third-order valence-electron chi connectivity index (χ3n) is 4.47. The second-order valence-corrected chi connectivity index (χ2v) is 6.46. The van der Waals surface area contributed by atoms with Crippen molar-refractivity contribution in [2.24, 2.45) is 11.7 Å². The van der Waals surface area contributed by atoms with Gasteiger partial charge in [-0.1, -0.05) is 12.1 Å². The standard InChI is InChI=1S/C18H19N5O/c1-10-2-5-12-8-13(6-7-14(12)21-10)16-15(18(20)24)17(19)23(22-16)9-11-3-4-11/h2,5-8,11H,3-4,9,19H2,1H3,(H2,20,24). The molecule has 24 heavy (non-hydrogen) atoms. The van der Waals surface area contributed by atoms with Gasteiger partial charge in [-0.2, -0.15) is 5.10 Å². The van der Waals surface area contributed by atoms with E-state index in [-0.39, 0.29) is 0 Å². The number of carbonyl (C=O) groups is 1. The molecule has 0 saturated heterocycles. The van der Waals surface area contributed by atoms with Gasteiger partial charge in [0.25, 0.3) is 5.91 Å². The number of fused-ring (bicyclic) bond motifs is 1. The molecular weight excluding hydrogens is 302 g/mol. The molecule has 6 nitrogen and oxygen atoms in total. The quantitative estimate of drug-likeness (QED) is 0.771. The van der Waals surface area contributed by atoms with Crippen molar-refractivity contribution < 1.29 is 4.79 Å². The molecule has 0 bridgehead atoms. The van der Waals surface area contributed by atoms with Crippen molar-refractivity contribution in [3.05, 3.63) is 41.6 Å². The molecule has 0 radical (unpaired) electrons. The van der Waals surface area contributed by atoms with Crippen LogP contribution in [0, 0.1) is 12.8 Å². The van der Waals surface area contributed by atoms with Gasteiger partial charge in [-0.05, 0) is 43.9 Å². The second kappa shape index (κ2) is 5.33. The molecule has 4 N–H and O–H groups in total. The Labute approximate surface area is 139 Å². The van der Waals surface area contributed by atoms with Crippen LogP contribution in [0.5, 0.6) is 0 Å². The summed E-state index contributed by atoms with van der Waals surface area (Å²) in [5, 5.41) is 5.57. The van der Waals surface area contributed by atoms with E-state index in [1.165, 1.54) is 12.8 Å². The first kappa shape index (κ1) is 14.7. The summed E-state index contributed by atoms with van der Waals surface area (Å²) in [4.78, 5) is 16.4. The first-order valence-electron chi connectivity index (χ1n) is 8.07. The zero-order chi connectivity index (χ0) is 16.8. The van der Waals surface area contributed by atoms with Crippen LogP contribution in [0.15, 0.2) is 30.3 Å². The highest BCUT2D eigenvalue weighted by molar-refractivity contribution is 6.04. The number of amides is 1. The maximum absolute atomic E-state index is 11.9. The van der Waals surface area contributed by atoms with Crippen molar-refractivity contribution in [1.82, 2.24) is 14.8 Å². The third kappa shape index (κ3) is 2.50. The van der Waals surface area contributed by atoms with E-state index in [2.05, 4.69) is 10.1 Å². The van der Waals surface area contributed by atoms with Crippen LogP contribution in [-0.4, -0.2) is 20.7 Å². The molecule has 0 atom stereocenters. The van der Waals surface area contributed by atoms with E-state index in [0.717, 1.165) is 28.7 Å². The monoisotopic (exact) mass is 321 g/mol. The smallest absolute Gasteiger partial charge is 0.254 e. The maximum atomic E-state index is 11.9. The number of pyridine rings is 1. The summed E-state index contributed by atoms with van der Waals surface area (Å²) in [6, 6.07) is 9.78. The molecule has 0 aliphatic heterocycles. The highest BCUT2D eigenvalue weighted by Gasteiger charge is 2.27. The fourth-order valence-electron chi connectivity index (χ4n) is 2.98. The number of nitrogen functional groups attached to an aromatic ring is 1. The number of anilines is 1. The van der Waals surface area contributed by atoms with Gasteiger partial charge in [0.1, 0.15) is 17.1 Å². The predicted molar refractivity (Wildman–Crippen MR) is 93.4 cm³/mol. The highest BCUT2D eigenvalue weighted by Crippen LogP contribution is 2.34. The Morgan fingerprint density at radius 3 is 2.79 bits per heavy atom. The highest BCUT2D eigenvalue weighted by atomic mass is 16.1. The van der Waals surface area contributed by atoms with Crippen LogP contribution in [0.4, 0.5) is 5.82 Å². The van der Waals surface area contributed by atoms with Crippen molar-refractivity contribution in [3.8, 4) is 11.3 Å². The van der Waals surface area contributed by atoms with Crippen molar-refractivity contribution in [2.75, 3.05) is 5.73 Å². The van der Waals surface area contributed by atoms with Crippen LogP contribution >= 0.6 is 0 Å². The van der Waals surface area contributed by atoms with E-state index in [1.807, 2.05) is 37.3 Å². The number of aryl methyl sites for hydroxylation is 1. The number of carbonyl (C=O) groups excluding carboxylic acids is 1. The van der Waals surface area contributed by atoms with Crippen molar-refractivity contribution in [2.45, 2.75) is 26.3 Å². The minimum atomic E-state index is -0.549. The maximum Gasteiger partial charge on any atom is 0.254 e. The molecule has 6 heteroatoms. The van der Waals surface area contributed by atoms with E-state index >= 15 is 0 Å². The van der Waals surface area contributed by atoms with E-state index < -0.39 is 5.91 Å². The second-order valence-electron chi connectivity index (χ2n) is 6.46. The number of nitrogens with two attached hydrogens (primary N) is 2. The lowest BCUT2D eigenvalue weighted by molar-refractivity contribution is 0.100. The first-order chi connectivity index (χ1) is 11.5. The summed E-state index contributed by atoms with van der Waals surface area (Å²) >= 11 is 0. The predicted octanol–water partition coefficient (Wildman–Crippen LogP) is 2.50. The molecule has 0 spiro atoms. The Morgan fingerprint density at radius 1 is 1.29 bits per heavy atom. The normalized spacial score (nSPS) is 14.2. The number of hydrogen-bond donors (Lipinski definition) is 2. The molecule has 1 aliphatic rings. The van der Waals surface area contributed by atoms with Crippen molar-refractivity contribution in [3.63, 3.8) is 0 Å². The summed E-state index contributed by atoms with van der Waals surface area (Å²) in [5.74, 6) is 0.405. The molecule has 2 aromatic heterocycles. The zero-order valence-electron chi connectivity index (χ0n) is 13.5. The van der Waals surface area contributed by atoms with Gasteiger partial charge in [0.2, 0.25) is 0 Å². The SMILES string of the molecule is Cc1ccc2cc(-c3nn(CC4CC4)c(N)c3C(N)=O)ccc2n1. The Kier molecular flexibility index (Phi) is 3.26. The van der Waals surface area contributed by atoms with Gasteiger partial charge >= 0.3 is 0 Å². The van der Waals surface area contributed by atoms with Crippen LogP contribution in [0.3, 0.4) is 0 Å². The lowest BCUT2D eigenvalue weighted by atomic mass is 10.0. The third-order valence-corrected chi connectivity index (χ3v) is 4.47. The largest absolute Gasteiger partial charge is 0.383 e. The number of nitrogens with zero attached hydrogens (tertiary/aromatic N) is 3. The van der Waals surface area contributed by atoms with E-state index in [1.54, 1.807) is 4.68 Å². The summed E-state index contributed by atoms with van der Waals surface area (Å²) in [6.07, 6.45) is 2.36. The molecule has 1 saturated carbocycles.